The Morgan fingerprint density at radius 1 is 0.857 bits per heavy atom. The monoisotopic (exact) mass is 192 g/mol. The quantitative estimate of drug-likeness (QED) is 0.768. The zero-order chi connectivity index (χ0) is 10.8. The van der Waals surface area contributed by atoms with E-state index in [-0.39, 0.29) is 13.2 Å². The predicted octanol–water partition coefficient (Wildman–Crippen LogP) is 1.94. The van der Waals surface area contributed by atoms with Gasteiger partial charge in [-0.15, -0.1) is 0 Å². The van der Waals surface area contributed by atoms with Crippen molar-refractivity contribution in [3.8, 4) is 0 Å². The topological polar surface area (TPSA) is 40.5 Å². The summed E-state index contributed by atoms with van der Waals surface area (Å²) in [6.45, 7) is 7.07. The molecule has 0 aliphatic heterocycles. The van der Waals surface area contributed by atoms with Crippen LogP contribution in [0.25, 0.3) is 12.2 Å². The van der Waals surface area contributed by atoms with Crippen molar-refractivity contribution in [2.24, 2.45) is 0 Å². The average molecular weight is 192 g/mol. The zero-order valence-electron chi connectivity index (χ0n) is 8.19. The molecular weight excluding hydrogens is 176 g/mol. The van der Waals surface area contributed by atoms with Gasteiger partial charge in [0.2, 0.25) is 0 Å². The lowest BCUT2D eigenvalue weighted by Crippen LogP contribution is -1.85. The van der Waals surface area contributed by atoms with Crippen LogP contribution < -0.4 is 0 Å². The molecule has 0 bridgehead atoms. The molecule has 0 aromatic heterocycles. The van der Waals surface area contributed by atoms with Gasteiger partial charge in [-0.2, -0.15) is 0 Å². The SMILES string of the molecule is C=Cc1ccc(C=C)cc1.OCCO. The lowest BCUT2D eigenvalue weighted by molar-refractivity contribution is 0.186. The van der Waals surface area contributed by atoms with E-state index in [1.807, 2.05) is 36.4 Å². The molecule has 14 heavy (non-hydrogen) atoms. The summed E-state index contributed by atoms with van der Waals surface area (Å²) in [5, 5.41) is 15.2. The van der Waals surface area contributed by atoms with Gasteiger partial charge in [0.1, 0.15) is 0 Å². The predicted molar refractivity (Wildman–Crippen MR) is 60.8 cm³/mol. The second-order valence-corrected chi connectivity index (χ2v) is 2.52. The number of hydrogen-bond acceptors (Lipinski definition) is 2. The maximum atomic E-state index is 7.62. The van der Waals surface area contributed by atoms with Crippen molar-refractivity contribution in [2.45, 2.75) is 0 Å². The van der Waals surface area contributed by atoms with E-state index in [4.69, 9.17) is 10.2 Å². The molecule has 1 rings (SSSR count). The van der Waals surface area contributed by atoms with Gasteiger partial charge >= 0.3 is 0 Å². The molecule has 0 radical (unpaired) electrons. The minimum absolute atomic E-state index is 0.125. The molecule has 0 unspecified atom stereocenters. The van der Waals surface area contributed by atoms with Crippen molar-refractivity contribution >= 4 is 12.2 Å². The summed E-state index contributed by atoms with van der Waals surface area (Å²) in [6.07, 6.45) is 3.65. The van der Waals surface area contributed by atoms with Crippen LogP contribution in [0.1, 0.15) is 11.1 Å². The Morgan fingerprint density at radius 3 is 1.29 bits per heavy atom. The van der Waals surface area contributed by atoms with E-state index in [0.717, 1.165) is 11.1 Å². The van der Waals surface area contributed by atoms with E-state index in [9.17, 15) is 0 Å². The molecule has 0 fully saturated rings. The third-order valence-electron chi connectivity index (χ3n) is 1.51. The molecule has 76 valence electrons. The first-order valence-electron chi connectivity index (χ1n) is 4.35. The van der Waals surface area contributed by atoms with Crippen molar-refractivity contribution < 1.29 is 10.2 Å². The molecule has 2 heteroatoms. The fourth-order valence-corrected chi connectivity index (χ4v) is 0.768. The highest BCUT2D eigenvalue weighted by molar-refractivity contribution is 5.53. The standard InChI is InChI=1S/C10H10.C2H6O2/c1-3-9-5-7-10(4-2)8-6-9;3-1-2-4/h3-8H,1-2H2;3-4H,1-2H2. The second-order valence-electron chi connectivity index (χ2n) is 2.52. The summed E-state index contributed by atoms with van der Waals surface area (Å²) in [7, 11) is 0. The van der Waals surface area contributed by atoms with E-state index in [1.54, 1.807) is 0 Å². The lowest BCUT2D eigenvalue weighted by Gasteiger charge is -1.92. The first-order valence-corrected chi connectivity index (χ1v) is 4.35. The normalized spacial score (nSPS) is 8.43. The van der Waals surface area contributed by atoms with Crippen LogP contribution in [0.15, 0.2) is 37.4 Å². The van der Waals surface area contributed by atoms with Gasteiger partial charge in [-0.3, -0.25) is 0 Å². The first kappa shape index (κ1) is 12.6. The Bertz CT molecular complexity index is 233. The Balaban J connectivity index is 0.000000364. The van der Waals surface area contributed by atoms with Gasteiger partial charge in [-0.05, 0) is 11.1 Å². The van der Waals surface area contributed by atoms with E-state index >= 15 is 0 Å². The van der Waals surface area contributed by atoms with E-state index in [1.165, 1.54) is 0 Å². The highest BCUT2D eigenvalue weighted by Gasteiger charge is 1.84. The average Bonchev–Trinajstić information content (AvgIpc) is 2.29. The molecule has 0 saturated carbocycles. The molecule has 1 aromatic rings. The molecule has 0 atom stereocenters. The minimum Gasteiger partial charge on any atom is -0.394 e. The molecule has 2 N–H and O–H groups in total. The van der Waals surface area contributed by atoms with Crippen LogP contribution in [0.4, 0.5) is 0 Å². The summed E-state index contributed by atoms with van der Waals surface area (Å²) in [5.41, 5.74) is 2.29. The minimum atomic E-state index is -0.125. The highest BCUT2D eigenvalue weighted by Crippen LogP contribution is 2.05. The third kappa shape index (κ3) is 5.30. The summed E-state index contributed by atoms with van der Waals surface area (Å²) in [4.78, 5) is 0. The number of aliphatic hydroxyl groups excluding tert-OH is 2. The lowest BCUT2D eigenvalue weighted by atomic mass is 10.1. The molecule has 0 spiro atoms. The fraction of sp³-hybridized carbons (Fsp3) is 0.167. The Labute approximate surface area is 84.8 Å². The van der Waals surface area contributed by atoms with Crippen LogP contribution in [0.5, 0.6) is 0 Å². The van der Waals surface area contributed by atoms with Crippen molar-refractivity contribution in [3.63, 3.8) is 0 Å². The summed E-state index contributed by atoms with van der Waals surface area (Å²) in [6, 6.07) is 8.07. The van der Waals surface area contributed by atoms with Crippen molar-refractivity contribution in [1.82, 2.24) is 0 Å². The van der Waals surface area contributed by atoms with Gasteiger partial charge in [0.15, 0.2) is 0 Å². The highest BCUT2D eigenvalue weighted by atomic mass is 16.3. The van der Waals surface area contributed by atoms with Crippen LogP contribution in [-0.2, 0) is 0 Å². The van der Waals surface area contributed by atoms with E-state index in [2.05, 4.69) is 13.2 Å². The molecule has 0 aliphatic rings. The number of rotatable bonds is 3. The van der Waals surface area contributed by atoms with Crippen molar-refractivity contribution in [2.75, 3.05) is 13.2 Å². The Morgan fingerprint density at radius 2 is 1.14 bits per heavy atom. The maximum Gasteiger partial charge on any atom is 0.0662 e. The number of aliphatic hydroxyl groups is 2. The van der Waals surface area contributed by atoms with Gasteiger partial charge in [0.25, 0.3) is 0 Å². The van der Waals surface area contributed by atoms with Crippen LogP contribution >= 0.6 is 0 Å². The van der Waals surface area contributed by atoms with Crippen molar-refractivity contribution in [3.05, 3.63) is 48.6 Å². The van der Waals surface area contributed by atoms with Crippen LogP contribution in [0.3, 0.4) is 0 Å². The summed E-state index contributed by atoms with van der Waals surface area (Å²) < 4.78 is 0. The molecule has 0 saturated heterocycles. The fourth-order valence-electron chi connectivity index (χ4n) is 0.768. The molecule has 0 aliphatic carbocycles. The van der Waals surface area contributed by atoms with Crippen molar-refractivity contribution in [1.29, 1.82) is 0 Å². The summed E-state index contributed by atoms with van der Waals surface area (Å²) in [5.74, 6) is 0. The van der Waals surface area contributed by atoms with Gasteiger partial charge in [-0.25, -0.2) is 0 Å². The molecule has 0 heterocycles. The van der Waals surface area contributed by atoms with Crippen LogP contribution in [0.2, 0.25) is 0 Å². The molecular formula is C12H16O2. The molecule has 2 nitrogen and oxygen atoms in total. The smallest absolute Gasteiger partial charge is 0.0662 e. The van der Waals surface area contributed by atoms with Crippen LogP contribution in [0, 0.1) is 0 Å². The molecule has 1 aromatic carbocycles. The number of hydrogen-bond donors (Lipinski definition) is 2. The van der Waals surface area contributed by atoms with Crippen LogP contribution in [-0.4, -0.2) is 23.4 Å². The van der Waals surface area contributed by atoms with Gasteiger partial charge in [0, 0.05) is 0 Å². The Hall–Kier alpha value is -1.38. The van der Waals surface area contributed by atoms with Gasteiger partial charge < -0.3 is 10.2 Å². The third-order valence-corrected chi connectivity index (χ3v) is 1.51. The van der Waals surface area contributed by atoms with Gasteiger partial charge in [-0.1, -0.05) is 49.6 Å². The largest absolute Gasteiger partial charge is 0.394 e. The maximum absolute atomic E-state index is 7.62. The second kappa shape index (κ2) is 8.23. The number of benzene rings is 1. The van der Waals surface area contributed by atoms with E-state index in [0.29, 0.717) is 0 Å². The first-order chi connectivity index (χ1) is 6.78. The van der Waals surface area contributed by atoms with Gasteiger partial charge in [0.05, 0.1) is 13.2 Å². The molecule has 0 amide bonds. The zero-order valence-corrected chi connectivity index (χ0v) is 8.19. The van der Waals surface area contributed by atoms with E-state index < -0.39 is 0 Å². The summed E-state index contributed by atoms with van der Waals surface area (Å²) >= 11 is 0. The Kier molecular flexibility index (Phi) is 7.42.